The Morgan fingerprint density at radius 3 is 2.53 bits per heavy atom. The van der Waals surface area contributed by atoms with E-state index < -0.39 is 5.97 Å². The van der Waals surface area contributed by atoms with Crippen LogP contribution in [0.25, 0.3) is 0 Å². The number of carbonyl (C=O) groups excluding carboxylic acids is 1. The maximum absolute atomic E-state index is 11.7. The molecule has 2 aromatic rings. The van der Waals surface area contributed by atoms with Crippen molar-refractivity contribution in [3.63, 3.8) is 0 Å². The van der Waals surface area contributed by atoms with E-state index in [1.807, 2.05) is 0 Å². The smallest absolute Gasteiger partial charge is 0.335 e. The van der Waals surface area contributed by atoms with Crippen molar-refractivity contribution in [3.8, 4) is 0 Å². The Balaban J connectivity index is 1.95. The molecule has 0 fully saturated rings. The van der Waals surface area contributed by atoms with Crippen LogP contribution in [0.1, 0.15) is 32.4 Å². The summed E-state index contributed by atoms with van der Waals surface area (Å²) in [6, 6.07) is 6.27. The summed E-state index contributed by atoms with van der Waals surface area (Å²) in [6.07, 6.45) is 0. The zero-order valence-corrected chi connectivity index (χ0v) is 10.2. The van der Waals surface area contributed by atoms with Gasteiger partial charge in [-0.25, -0.2) is 9.78 Å². The third-order valence-corrected chi connectivity index (χ3v) is 2.45. The summed E-state index contributed by atoms with van der Waals surface area (Å²) < 4.78 is 0. The Hall–Kier alpha value is -2.70. The third-order valence-electron chi connectivity index (χ3n) is 2.45. The predicted molar refractivity (Wildman–Crippen MR) is 65.7 cm³/mol. The van der Waals surface area contributed by atoms with E-state index in [2.05, 4.69) is 20.5 Å². The molecule has 0 saturated heterocycles. The number of nitrogens with one attached hydrogen (secondary N) is 2. The number of nitrogens with zero attached hydrogens (tertiary/aromatic N) is 2. The van der Waals surface area contributed by atoms with Crippen molar-refractivity contribution in [1.82, 2.24) is 20.5 Å². The number of rotatable bonds is 4. The van der Waals surface area contributed by atoms with E-state index in [1.54, 1.807) is 19.1 Å². The molecule has 0 aliphatic heterocycles. The third kappa shape index (κ3) is 3.15. The number of aromatic amines is 1. The van der Waals surface area contributed by atoms with Gasteiger partial charge in [-0.3, -0.25) is 9.89 Å². The van der Waals surface area contributed by atoms with E-state index in [0.29, 0.717) is 5.82 Å². The number of amides is 1. The number of benzene rings is 1. The Labute approximate surface area is 108 Å². The van der Waals surface area contributed by atoms with Crippen molar-refractivity contribution in [2.75, 3.05) is 0 Å². The van der Waals surface area contributed by atoms with Crippen LogP contribution in [0, 0.1) is 6.92 Å². The summed E-state index contributed by atoms with van der Waals surface area (Å²) in [4.78, 5) is 26.2. The average Bonchev–Trinajstić information content (AvgIpc) is 2.83. The number of carbonyl (C=O) groups is 2. The topological polar surface area (TPSA) is 108 Å². The first-order valence-corrected chi connectivity index (χ1v) is 5.55. The van der Waals surface area contributed by atoms with Crippen LogP contribution in [0.3, 0.4) is 0 Å². The molecule has 1 heterocycles. The highest BCUT2D eigenvalue weighted by Gasteiger charge is 2.10. The normalized spacial score (nSPS) is 10.2. The number of carboxylic acids is 1. The highest BCUT2D eigenvalue weighted by molar-refractivity contribution is 5.90. The highest BCUT2D eigenvalue weighted by atomic mass is 16.4. The molecule has 2 rings (SSSR count). The van der Waals surface area contributed by atoms with E-state index in [4.69, 9.17) is 5.11 Å². The minimum absolute atomic E-state index is 0.0830. The fourth-order valence-electron chi connectivity index (χ4n) is 1.47. The second kappa shape index (κ2) is 5.30. The summed E-state index contributed by atoms with van der Waals surface area (Å²) in [5.74, 6) is -0.714. The number of aromatic carboxylic acids is 1. The molecule has 0 unspecified atom stereocenters. The van der Waals surface area contributed by atoms with Crippen LogP contribution in [-0.2, 0) is 6.54 Å². The molecule has 7 nitrogen and oxygen atoms in total. The van der Waals surface area contributed by atoms with E-state index >= 15 is 0 Å². The minimum atomic E-state index is -0.980. The molecule has 1 aromatic carbocycles. The van der Waals surface area contributed by atoms with Crippen molar-refractivity contribution in [3.05, 3.63) is 47.0 Å². The molecule has 0 atom stereocenters. The molecule has 0 saturated carbocycles. The zero-order chi connectivity index (χ0) is 13.8. The fraction of sp³-hybridized carbons (Fsp3) is 0.167. The van der Waals surface area contributed by atoms with Crippen LogP contribution in [0.5, 0.6) is 0 Å². The van der Waals surface area contributed by atoms with Gasteiger partial charge in [0.2, 0.25) is 5.82 Å². The fourth-order valence-corrected chi connectivity index (χ4v) is 1.47. The molecule has 1 aromatic heterocycles. The van der Waals surface area contributed by atoms with Gasteiger partial charge in [-0.1, -0.05) is 12.1 Å². The van der Waals surface area contributed by atoms with Crippen molar-refractivity contribution in [2.45, 2.75) is 13.5 Å². The first kappa shape index (κ1) is 12.7. The van der Waals surface area contributed by atoms with Gasteiger partial charge in [-0.2, -0.15) is 0 Å². The van der Waals surface area contributed by atoms with Gasteiger partial charge in [0.25, 0.3) is 5.91 Å². The van der Waals surface area contributed by atoms with Crippen molar-refractivity contribution < 1.29 is 14.7 Å². The lowest BCUT2D eigenvalue weighted by molar-refractivity contribution is 0.0696. The van der Waals surface area contributed by atoms with Gasteiger partial charge in [-0.15, -0.1) is 5.10 Å². The summed E-state index contributed by atoms with van der Waals surface area (Å²) >= 11 is 0. The number of hydrogen-bond donors (Lipinski definition) is 3. The Bertz CT molecular complexity index is 604. The second-order valence-electron chi connectivity index (χ2n) is 3.93. The van der Waals surface area contributed by atoms with Gasteiger partial charge in [0, 0.05) is 6.54 Å². The Morgan fingerprint density at radius 2 is 2.00 bits per heavy atom. The molecule has 3 N–H and O–H groups in total. The lowest BCUT2D eigenvalue weighted by Gasteiger charge is -2.03. The van der Waals surface area contributed by atoms with E-state index in [-0.39, 0.29) is 23.8 Å². The maximum Gasteiger partial charge on any atom is 0.335 e. The van der Waals surface area contributed by atoms with Crippen LogP contribution >= 0.6 is 0 Å². The molecule has 19 heavy (non-hydrogen) atoms. The maximum atomic E-state index is 11.7. The molecule has 1 amide bonds. The lowest BCUT2D eigenvalue weighted by Crippen LogP contribution is -2.24. The number of aryl methyl sites for hydroxylation is 1. The lowest BCUT2D eigenvalue weighted by atomic mass is 10.1. The van der Waals surface area contributed by atoms with Gasteiger partial charge < -0.3 is 10.4 Å². The zero-order valence-electron chi connectivity index (χ0n) is 10.2. The van der Waals surface area contributed by atoms with Crippen molar-refractivity contribution in [1.29, 1.82) is 0 Å². The number of H-pyrrole nitrogens is 1. The van der Waals surface area contributed by atoms with Crippen molar-refractivity contribution in [2.24, 2.45) is 0 Å². The minimum Gasteiger partial charge on any atom is -0.478 e. The van der Waals surface area contributed by atoms with Crippen LogP contribution in [0.2, 0.25) is 0 Å². The second-order valence-corrected chi connectivity index (χ2v) is 3.93. The predicted octanol–water partition coefficient (Wildman–Crippen LogP) is 0.741. The largest absolute Gasteiger partial charge is 0.478 e. The van der Waals surface area contributed by atoms with E-state index in [9.17, 15) is 9.59 Å². The molecular formula is C12H12N4O3. The Morgan fingerprint density at radius 1 is 1.32 bits per heavy atom. The average molecular weight is 260 g/mol. The summed E-state index contributed by atoms with van der Waals surface area (Å²) in [5, 5.41) is 17.7. The van der Waals surface area contributed by atoms with E-state index in [0.717, 1.165) is 5.56 Å². The van der Waals surface area contributed by atoms with Crippen molar-refractivity contribution >= 4 is 11.9 Å². The van der Waals surface area contributed by atoms with Gasteiger partial charge >= 0.3 is 5.97 Å². The molecule has 0 spiro atoms. The van der Waals surface area contributed by atoms with Crippen LogP contribution < -0.4 is 5.32 Å². The van der Waals surface area contributed by atoms with Crippen LogP contribution in [0.4, 0.5) is 0 Å². The first-order chi connectivity index (χ1) is 9.06. The number of carboxylic acid groups (broad SMARTS) is 1. The molecule has 98 valence electrons. The SMILES string of the molecule is Cc1nc(C(=O)NCc2ccc(C(=O)O)cc2)n[nH]1. The van der Waals surface area contributed by atoms with Gasteiger partial charge in [0.15, 0.2) is 0 Å². The summed E-state index contributed by atoms with van der Waals surface area (Å²) in [5.41, 5.74) is 1.00. The van der Waals surface area contributed by atoms with E-state index in [1.165, 1.54) is 12.1 Å². The molecule has 7 heteroatoms. The molecule has 0 radical (unpaired) electrons. The van der Waals surface area contributed by atoms with Gasteiger partial charge in [0.1, 0.15) is 5.82 Å². The number of aromatic nitrogens is 3. The molecule has 0 aliphatic rings. The Kier molecular flexibility index (Phi) is 3.56. The molecule has 0 aliphatic carbocycles. The van der Waals surface area contributed by atoms with Crippen LogP contribution in [0.15, 0.2) is 24.3 Å². The van der Waals surface area contributed by atoms with Crippen LogP contribution in [-0.4, -0.2) is 32.2 Å². The quantitative estimate of drug-likeness (QED) is 0.751. The molecular weight excluding hydrogens is 248 g/mol. The molecule has 0 bridgehead atoms. The monoisotopic (exact) mass is 260 g/mol. The van der Waals surface area contributed by atoms with Gasteiger partial charge in [0.05, 0.1) is 5.56 Å². The standard InChI is InChI=1S/C12H12N4O3/c1-7-14-10(16-15-7)11(17)13-6-8-2-4-9(5-3-8)12(18)19/h2-5H,6H2,1H3,(H,13,17)(H,18,19)(H,14,15,16). The first-order valence-electron chi connectivity index (χ1n) is 5.55. The summed E-state index contributed by atoms with van der Waals surface area (Å²) in [7, 11) is 0. The highest BCUT2D eigenvalue weighted by Crippen LogP contribution is 2.04. The van der Waals surface area contributed by atoms with Gasteiger partial charge in [-0.05, 0) is 24.6 Å². The number of hydrogen-bond acceptors (Lipinski definition) is 4. The summed E-state index contributed by atoms with van der Waals surface area (Å²) in [6.45, 7) is 1.99.